The molecule has 4 aromatic rings. The molecule has 0 saturated carbocycles. The molecule has 0 atom stereocenters. The predicted molar refractivity (Wildman–Crippen MR) is 125 cm³/mol. The molecule has 2 heterocycles. The third-order valence-corrected chi connectivity index (χ3v) is 6.29. The Kier molecular flexibility index (Phi) is 6.06. The van der Waals surface area contributed by atoms with Gasteiger partial charge in [-0.3, -0.25) is 13.8 Å². The van der Waals surface area contributed by atoms with Crippen LogP contribution in [-0.2, 0) is 13.0 Å². The van der Waals surface area contributed by atoms with Crippen LogP contribution >= 0.6 is 11.3 Å². The minimum Gasteiger partial charge on any atom is -0.478 e. The Morgan fingerprint density at radius 1 is 1.06 bits per heavy atom. The summed E-state index contributed by atoms with van der Waals surface area (Å²) in [6.07, 6.45) is 3.17. The number of benzene rings is 2. The zero-order valence-corrected chi connectivity index (χ0v) is 18.2. The number of carboxylic acid groups (broad SMARTS) is 1. The summed E-state index contributed by atoms with van der Waals surface area (Å²) in [5.41, 5.74) is 1.17. The van der Waals surface area contributed by atoms with Crippen LogP contribution in [0.25, 0.3) is 4.83 Å². The van der Waals surface area contributed by atoms with Gasteiger partial charge >= 0.3 is 11.7 Å². The number of rotatable bonds is 5. The fraction of sp³-hybridized carbons (Fsp3) is 0.160. The van der Waals surface area contributed by atoms with Crippen LogP contribution < -0.4 is 11.2 Å². The molecule has 0 fully saturated rings. The lowest BCUT2D eigenvalue weighted by Crippen LogP contribution is -2.38. The zero-order chi connectivity index (χ0) is 22.7. The quantitative estimate of drug-likeness (QED) is 0.477. The lowest BCUT2D eigenvalue weighted by Gasteiger charge is -2.09. The first-order valence-electron chi connectivity index (χ1n) is 10.1. The normalized spacial score (nSPS) is 10.7. The number of aromatic nitrogens is 2. The fourth-order valence-corrected chi connectivity index (χ4v) is 4.46. The van der Waals surface area contributed by atoms with Gasteiger partial charge in [0, 0.05) is 18.2 Å². The van der Waals surface area contributed by atoms with Crippen LogP contribution in [0.15, 0.2) is 70.4 Å². The van der Waals surface area contributed by atoms with E-state index in [-0.39, 0.29) is 12.1 Å². The lowest BCUT2D eigenvalue weighted by atomic mass is 10.1. The molecule has 2 aromatic carbocycles. The molecule has 160 valence electrons. The summed E-state index contributed by atoms with van der Waals surface area (Å²) in [5, 5.41) is 9.40. The Bertz CT molecular complexity index is 1480. The van der Waals surface area contributed by atoms with Gasteiger partial charge in [-0.2, -0.15) is 0 Å². The SMILES string of the molecule is Cc1c(=O)n(Cc2ccccc2C(=O)O)c(=O)n2cc(C#CCCc3ccccc3)sc12. The molecule has 0 saturated heterocycles. The highest BCUT2D eigenvalue weighted by atomic mass is 32.1. The highest BCUT2D eigenvalue weighted by Gasteiger charge is 2.16. The Labute approximate surface area is 188 Å². The van der Waals surface area contributed by atoms with E-state index in [0.717, 1.165) is 11.0 Å². The molecule has 7 heteroatoms. The van der Waals surface area contributed by atoms with Crippen molar-refractivity contribution in [3.05, 3.63) is 109 Å². The monoisotopic (exact) mass is 444 g/mol. The smallest absolute Gasteiger partial charge is 0.336 e. The Balaban J connectivity index is 1.67. The number of hydrogen-bond acceptors (Lipinski definition) is 4. The third-order valence-electron chi connectivity index (χ3n) is 5.16. The first-order chi connectivity index (χ1) is 15.5. The number of hydrogen-bond donors (Lipinski definition) is 1. The minimum absolute atomic E-state index is 0.0665. The molecule has 6 nitrogen and oxygen atoms in total. The van der Waals surface area contributed by atoms with Crippen molar-refractivity contribution in [2.45, 2.75) is 26.3 Å². The van der Waals surface area contributed by atoms with Crippen molar-refractivity contribution in [3.63, 3.8) is 0 Å². The number of thiazole rings is 1. The third kappa shape index (κ3) is 4.27. The second-order valence-corrected chi connectivity index (χ2v) is 8.35. The largest absolute Gasteiger partial charge is 0.478 e. The van der Waals surface area contributed by atoms with Gasteiger partial charge in [0.1, 0.15) is 4.83 Å². The van der Waals surface area contributed by atoms with Crippen LogP contribution in [-0.4, -0.2) is 20.0 Å². The number of aryl methyl sites for hydroxylation is 2. The topological polar surface area (TPSA) is 80.8 Å². The maximum absolute atomic E-state index is 13.1. The van der Waals surface area contributed by atoms with Crippen LogP contribution in [0.3, 0.4) is 0 Å². The summed E-state index contributed by atoms with van der Waals surface area (Å²) >= 11 is 1.30. The van der Waals surface area contributed by atoms with Gasteiger partial charge in [-0.15, -0.1) is 11.3 Å². The van der Waals surface area contributed by atoms with Crippen LogP contribution in [0.2, 0.25) is 0 Å². The molecule has 0 aliphatic rings. The Hall–Kier alpha value is -3.89. The van der Waals surface area contributed by atoms with Crippen LogP contribution in [0.1, 0.15) is 38.3 Å². The molecular weight excluding hydrogens is 424 g/mol. The molecule has 1 N–H and O–H groups in total. The summed E-state index contributed by atoms with van der Waals surface area (Å²) < 4.78 is 2.50. The van der Waals surface area contributed by atoms with E-state index >= 15 is 0 Å². The van der Waals surface area contributed by atoms with Crippen molar-refractivity contribution in [2.75, 3.05) is 0 Å². The van der Waals surface area contributed by atoms with Crippen molar-refractivity contribution < 1.29 is 9.90 Å². The van der Waals surface area contributed by atoms with E-state index < -0.39 is 17.2 Å². The van der Waals surface area contributed by atoms with E-state index in [1.54, 1.807) is 31.3 Å². The Morgan fingerprint density at radius 2 is 1.78 bits per heavy atom. The van der Waals surface area contributed by atoms with E-state index in [4.69, 9.17) is 0 Å². The van der Waals surface area contributed by atoms with Crippen molar-refractivity contribution in [1.29, 1.82) is 0 Å². The average molecular weight is 445 g/mol. The maximum atomic E-state index is 13.1. The number of fused-ring (bicyclic) bond motifs is 1. The van der Waals surface area contributed by atoms with E-state index in [1.165, 1.54) is 27.4 Å². The standard InChI is InChI=1S/C25H20N2O4S/c1-17-22(28)26(15-19-12-6-8-14-21(19)24(29)30)25(31)27-16-20(32-23(17)27)13-7-5-11-18-9-3-2-4-10-18/h2-4,6,8-10,12,14,16H,5,11,15H2,1H3,(H,29,30). The second-order valence-electron chi connectivity index (χ2n) is 7.32. The summed E-state index contributed by atoms with van der Waals surface area (Å²) in [7, 11) is 0. The molecule has 0 radical (unpaired) electrons. The van der Waals surface area contributed by atoms with Crippen molar-refractivity contribution in [2.24, 2.45) is 0 Å². The van der Waals surface area contributed by atoms with Gasteiger partial charge in [0.15, 0.2) is 0 Å². The summed E-state index contributed by atoms with van der Waals surface area (Å²) in [5.74, 6) is 5.12. The molecule has 0 aliphatic carbocycles. The molecule has 0 spiro atoms. The maximum Gasteiger partial charge on any atom is 0.336 e. The Morgan fingerprint density at radius 3 is 2.53 bits per heavy atom. The summed E-state index contributed by atoms with van der Waals surface area (Å²) in [6.45, 7) is 1.55. The molecule has 0 amide bonds. The van der Waals surface area contributed by atoms with Crippen LogP contribution in [0.5, 0.6) is 0 Å². The van der Waals surface area contributed by atoms with E-state index in [9.17, 15) is 19.5 Å². The van der Waals surface area contributed by atoms with Crippen LogP contribution in [0.4, 0.5) is 0 Å². The number of nitrogens with zero attached hydrogens (tertiary/aromatic N) is 2. The minimum atomic E-state index is -1.10. The first kappa shape index (κ1) is 21.3. The first-order valence-corrected chi connectivity index (χ1v) is 10.9. The lowest BCUT2D eigenvalue weighted by molar-refractivity contribution is 0.0695. The summed E-state index contributed by atoms with van der Waals surface area (Å²) in [4.78, 5) is 38.7. The highest BCUT2D eigenvalue weighted by molar-refractivity contribution is 7.18. The predicted octanol–water partition coefficient (Wildman–Crippen LogP) is 3.56. The average Bonchev–Trinajstić information content (AvgIpc) is 3.23. The molecule has 0 aliphatic heterocycles. The van der Waals surface area contributed by atoms with Crippen molar-refractivity contribution in [1.82, 2.24) is 8.97 Å². The number of carboxylic acids is 1. The molecule has 32 heavy (non-hydrogen) atoms. The van der Waals surface area contributed by atoms with E-state index in [1.807, 2.05) is 18.2 Å². The zero-order valence-electron chi connectivity index (χ0n) is 17.4. The summed E-state index contributed by atoms with van der Waals surface area (Å²) in [6, 6.07) is 16.4. The number of carbonyl (C=O) groups is 1. The molecular formula is C25H20N2O4S. The van der Waals surface area contributed by atoms with Gasteiger partial charge < -0.3 is 5.11 Å². The molecule has 4 rings (SSSR count). The van der Waals surface area contributed by atoms with Crippen molar-refractivity contribution in [3.8, 4) is 11.8 Å². The van der Waals surface area contributed by atoms with Gasteiger partial charge in [-0.1, -0.05) is 60.4 Å². The fourth-order valence-electron chi connectivity index (χ4n) is 3.50. The van der Waals surface area contributed by atoms with Gasteiger partial charge in [-0.25, -0.2) is 9.59 Å². The van der Waals surface area contributed by atoms with Crippen molar-refractivity contribution >= 4 is 22.1 Å². The van der Waals surface area contributed by atoms with Gasteiger partial charge in [-0.05, 0) is 30.5 Å². The van der Waals surface area contributed by atoms with Crippen LogP contribution in [0, 0.1) is 18.8 Å². The molecule has 2 aromatic heterocycles. The van der Waals surface area contributed by atoms with Gasteiger partial charge in [0.2, 0.25) is 0 Å². The molecule has 0 unspecified atom stereocenters. The number of aromatic carboxylic acids is 1. The second kappa shape index (κ2) is 9.08. The van der Waals surface area contributed by atoms with E-state index in [0.29, 0.717) is 27.3 Å². The van der Waals surface area contributed by atoms with E-state index in [2.05, 4.69) is 24.0 Å². The van der Waals surface area contributed by atoms with Gasteiger partial charge in [0.25, 0.3) is 5.56 Å². The molecule has 0 bridgehead atoms. The highest BCUT2D eigenvalue weighted by Crippen LogP contribution is 2.18. The van der Waals surface area contributed by atoms with Gasteiger partial charge in [0.05, 0.1) is 17.0 Å².